The minimum absolute atomic E-state index is 0.368. The van der Waals surface area contributed by atoms with E-state index in [0.29, 0.717) is 18.3 Å². The lowest BCUT2D eigenvalue weighted by Gasteiger charge is -2.19. The molecule has 120 valence electrons. The quantitative estimate of drug-likeness (QED) is 0.733. The summed E-state index contributed by atoms with van der Waals surface area (Å²) >= 11 is 9.83. The van der Waals surface area contributed by atoms with Crippen molar-refractivity contribution in [2.24, 2.45) is 10.4 Å². The summed E-state index contributed by atoms with van der Waals surface area (Å²) in [6.07, 6.45) is 0. The smallest absolute Gasteiger partial charge is 0.132 e. The number of benzene rings is 2. The molecule has 2 aromatic carbocycles. The van der Waals surface area contributed by atoms with Crippen LogP contribution in [0.25, 0.3) is 0 Å². The molecule has 0 atom stereocenters. The molecule has 1 aliphatic rings. The van der Waals surface area contributed by atoms with E-state index in [-0.39, 0.29) is 0 Å². The molecule has 0 aliphatic carbocycles. The minimum atomic E-state index is 0.368. The minimum Gasteiger partial charge on any atom is -0.488 e. The molecule has 0 aromatic heterocycles. The van der Waals surface area contributed by atoms with Crippen LogP contribution < -0.4 is 9.75 Å². The Bertz CT molecular complexity index is 753. The molecule has 0 radical (unpaired) electrons. The van der Waals surface area contributed by atoms with Crippen LogP contribution in [0.1, 0.15) is 11.1 Å². The number of hydrogen-bond acceptors (Lipinski definition) is 5. The van der Waals surface area contributed by atoms with Crippen molar-refractivity contribution in [1.29, 1.82) is 0 Å². The summed E-state index contributed by atoms with van der Waals surface area (Å²) in [6, 6.07) is 11.7. The highest BCUT2D eigenvalue weighted by atomic mass is 79.9. The first kappa shape index (κ1) is 16.1. The number of hydrogen-bond donors (Lipinski definition) is 0. The largest absolute Gasteiger partial charge is 0.488 e. The molecule has 0 bridgehead atoms. The van der Waals surface area contributed by atoms with Gasteiger partial charge in [-0.15, -0.1) is 0 Å². The van der Waals surface area contributed by atoms with Gasteiger partial charge < -0.3 is 4.74 Å². The first-order chi connectivity index (χ1) is 11.0. The summed E-state index contributed by atoms with van der Waals surface area (Å²) in [5.74, 6) is 0.833. The first-order valence-electron chi connectivity index (χ1n) is 7.11. The zero-order chi connectivity index (χ0) is 16.4. The summed E-state index contributed by atoms with van der Waals surface area (Å²) in [7, 11) is 1.87. The third-order valence-electron chi connectivity index (χ3n) is 3.52. The van der Waals surface area contributed by atoms with Gasteiger partial charge in [0.25, 0.3) is 0 Å². The van der Waals surface area contributed by atoms with Crippen molar-refractivity contribution in [3.05, 3.63) is 57.0 Å². The van der Waals surface area contributed by atoms with Crippen LogP contribution in [0.4, 0.5) is 5.69 Å². The second-order valence-corrected chi connectivity index (χ2v) is 6.64. The SMILES string of the molecule is Cc1cc(Br)ccc1OCc1c(Cl)cccc1N1CN(C)N=N1. The predicted molar refractivity (Wildman–Crippen MR) is 94.6 cm³/mol. The third kappa shape index (κ3) is 3.59. The van der Waals surface area contributed by atoms with Gasteiger partial charge in [0.15, 0.2) is 0 Å². The molecule has 0 saturated carbocycles. The Balaban J connectivity index is 1.83. The zero-order valence-electron chi connectivity index (χ0n) is 12.8. The number of aryl methyl sites for hydroxylation is 1. The number of anilines is 1. The van der Waals surface area contributed by atoms with Crippen molar-refractivity contribution >= 4 is 33.2 Å². The molecule has 0 N–H and O–H groups in total. The Kier molecular flexibility index (Phi) is 4.73. The summed E-state index contributed by atoms with van der Waals surface area (Å²) in [5, 5.41) is 12.4. The van der Waals surface area contributed by atoms with Gasteiger partial charge in [0, 0.05) is 22.1 Å². The lowest BCUT2D eigenvalue weighted by atomic mass is 10.1. The van der Waals surface area contributed by atoms with Crippen molar-refractivity contribution in [2.75, 3.05) is 18.7 Å². The van der Waals surface area contributed by atoms with Crippen LogP contribution in [0.3, 0.4) is 0 Å². The summed E-state index contributed by atoms with van der Waals surface area (Å²) in [5.41, 5.74) is 2.86. The predicted octanol–water partition coefficient (Wildman–Crippen LogP) is 4.98. The van der Waals surface area contributed by atoms with E-state index in [1.807, 2.05) is 50.4 Å². The fraction of sp³-hybridized carbons (Fsp3) is 0.250. The molecule has 2 aromatic rings. The van der Waals surface area contributed by atoms with Gasteiger partial charge in [-0.1, -0.05) is 38.8 Å². The second-order valence-electron chi connectivity index (χ2n) is 5.31. The highest BCUT2D eigenvalue weighted by Gasteiger charge is 2.19. The molecular weight excluding hydrogens is 380 g/mol. The maximum atomic E-state index is 6.38. The number of halogens is 2. The van der Waals surface area contributed by atoms with E-state index in [1.165, 1.54) is 0 Å². The van der Waals surface area contributed by atoms with Crippen molar-refractivity contribution in [3.8, 4) is 5.75 Å². The third-order valence-corrected chi connectivity index (χ3v) is 4.37. The zero-order valence-corrected chi connectivity index (χ0v) is 15.2. The van der Waals surface area contributed by atoms with Gasteiger partial charge in [0.1, 0.15) is 19.0 Å². The van der Waals surface area contributed by atoms with Crippen molar-refractivity contribution in [3.63, 3.8) is 0 Å². The van der Waals surface area contributed by atoms with Gasteiger partial charge in [-0.2, -0.15) is 0 Å². The normalized spacial score (nSPS) is 13.7. The molecule has 0 saturated heterocycles. The van der Waals surface area contributed by atoms with E-state index in [1.54, 1.807) is 10.0 Å². The van der Waals surface area contributed by atoms with Crippen LogP contribution in [-0.4, -0.2) is 18.7 Å². The fourth-order valence-electron chi connectivity index (χ4n) is 2.35. The van der Waals surface area contributed by atoms with Gasteiger partial charge in [-0.3, -0.25) is 5.01 Å². The van der Waals surface area contributed by atoms with Crippen molar-refractivity contribution < 1.29 is 4.74 Å². The Hall–Kier alpha value is -1.79. The number of ether oxygens (including phenoxy) is 1. The van der Waals surface area contributed by atoms with E-state index >= 15 is 0 Å². The van der Waals surface area contributed by atoms with E-state index < -0.39 is 0 Å². The summed E-state index contributed by atoms with van der Waals surface area (Å²) < 4.78 is 7.00. The monoisotopic (exact) mass is 394 g/mol. The molecule has 3 rings (SSSR count). The Morgan fingerprint density at radius 1 is 1.26 bits per heavy atom. The lowest BCUT2D eigenvalue weighted by molar-refractivity contribution is 0.304. The van der Waals surface area contributed by atoms with Crippen LogP contribution in [-0.2, 0) is 6.61 Å². The van der Waals surface area contributed by atoms with Gasteiger partial charge in [-0.25, -0.2) is 5.01 Å². The molecule has 0 unspecified atom stereocenters. The standard InChI is InChI=1S/C16H16BrClN4O/c1-11-8-12(17)6-7-16(11)23-9-13-14(18)4-3-5-15(13)22-10-21(2)19-20-22/h3-8H,9-10H2,1-2H3. The van der Waals surface area contributed by atoms with Crippen molar-refractivity contribution in [1.82, 2.24) is 5.01 Å². The Labute approximate surface area is 148 Å². The van der Waals surface area contributed by atoms with E-state index in [2.05, 4.69) is 26.4 Å². The lowest BCUT2D eigenvalue weighted by Crippen LogP contribution is -2.22. The van der Waals surface area contributed by atoms with E-state index in [4.69, 9.17) is 16.3 Å². The van der Waals surface area contributed by atoms with Crippen molar-refractivity contribution in [2.45, 2.75) is 13.5 Å². The highest BCUT2D eigenvalue weighted by Crippen LogP contribution is 2.31. The first-order valence-corrected chi connectivity index (χ1v) is 8.28. The molecular formula is C16H16BrClN4O. The average molecular weight is 396 g/mol. The number of nitrogens with zero attached hydrogens (tertiary/aromatic N) is 4. The van der Waals surface area contributed by atoms with Crippen LogP contribution in [0.15, 0.2) is 51.3 Å². The second kappa shape index (κ2) is 6.76. The van der Waals surface area contributed by atoms with Gasteiger partial charge in [0.05, 0.1) is 5.69 Å². The summed E-state index contributed by atoms with van der Waals surface area (Å²) in [6.45, 7) is 2.97. The Morgan fingerprint density at radius 3 is 2.78 bits per heavy atom. The molecule has 7 heteroatoms. The highest BCUT2D eigenvalue weighted by molar-refractivity contribution is 9.10. The topological polar surface area (TPSA) is 40.4 Å². The molecule has 0 spiro atoms. The molecule has 1 aliphatic heterocycles. The van der Waals surface area contributed by atoms with Crippen LogP contribution in [0.2, 0.25) is 5.02 Å². The Morgan fingerprint density at radius 2 is 2.09 bits per heavy atom. The van der Waals surface area contributed by atoms with Crippen LogP contribution in [0, 0.1) is 6.92 Å². The maximum absolute atomic E-state index is 6.38. The molecule has 1 heterocycles. The molecule has 0 amide bonds. The summed E-state index contributed by atoms with van der Waals surface area (Å²) in [4.78, 5) is 0. The molecule has 5 nitrogen and oxygen atoms in total. The van der Waals surface area contributed by atoms with E-state index in [9.17, 15) is 0 Å². The van der Waals surface area contributed by atoms with E-state index in [0.717, 1.165) is 27.0 Å². The maximum Gasteiger partial charge on any atom is 0.132 e. The molecule has 23 heavy (non-hydrogen) atoms. The van der Waals surface area contributed by atoms with Gasteiger partial charge in [0.2, 0.25) is 0 Å². The average Bonchev–Trinajstić information content (AvgIpc) is 2.94. The van der Waals surface area contributed by atoms with Gasteiger partial charge >= 0.3 is 0 Å². The van der Waals surface area contributed by atoms with Crippen LogP contribution in [0.5, 0.6) is 5.75 Å². The van der Waals surface area contributed by atoms with Crippen LogP contribution >= 0.6 is 27.5 Å². The number of rotatable bonds is 4. The molecule has 0 fully saturated rings. The van der Waals surface area contributed by atoms with Gasteiger partial charge in [-0.05, 0) is 48.0 Å². The fourth-order valence-corrected chi connectivity index (χ4v) is 3.05.